The molecule has 1 aromatic carbocycles. The lowest BCUT2D eigenvalue weighted by Gasteiger charge is -2.05. The fourth-order valence-electron chi connectivity index (χ4n) is 0.775. The number of carbonyl (C=O) groups is 1. The summed E-state index contributed by atoms with van der Waals surface area (Å²) in [6.07, 6.45) is 0. The van der Waals surface area contributed by atoms with Crippen LogP contribution >= 0.6 is 11.6 Å². The topological polar surface area (TPSA) is 29.1 Å². The monoisotopic (exact) mass is 201 g/mol. The van der Waals surface area contributed by atoms with Gasteiger partial charge in [-0.25, -0.2) is 4.39 Å². The minimum absolute atomic E-state index is 0.298. The molecule has 0 bridgehead atoms. The zero-order chi connectivity index (χ0) is 9.84. The number of benzene rings is 1. The summed E-state index contributed by atoms with van der Waals surface area (Å²) < 4.78 is 12.4. The molecule has 0 saturated heterocycles. The number of carbonyl (C=O) groups excluding carboxylic acids is 1. The van der Waals surface area contributed by atoms with Crippen LogP contribution in [0.5, 0.6) is 0 Å². The summed E-state index contributed by atoms with van der Waals surface area (Å²) in [5, 5.41) is 1.94. The zero-order valence-electron chi connectivity index (χ0n) is 7.05. The molecule has 0 spiro atoms. The van der Waals surface area contributed by atoms with Crippen LogP contribution in [-0.4, -0.2) is 11.3 Å². The molecule has 0 fully saturated rings. The maximum Gasteiger partial charge on any atom is 0.242 e. The number of nitrogens with one attached hydrogen (secondary N) is 1. The van der Waals surface area contributed by atoms with E-state index in [1.165, 1.54) is 24.3 Å². The van der Waals surface area contributed by atoms with Crippen LogP contribution in [0.25, 0.3) is 0 Å². The molecule has 13 heavy (non-hydrogen) atoms. The van der Waals surface area contributed by atoms with Crippen molar-refractivity contribution in [2.75, 3.05) is 5.32 Å². The number of hydrogen-bond acceptors (Lipinski definition) is 1. The Hall–Kier alpha value is -1.09. The normalized spacial score (nSPS) is 12.2. The van der Waals surface area contributed by atoms with Gasteiger partial charge < -0.3 is 5.32 Å². The van der Waals surface area contributed by atoms with Crippen molar-refractivity contribution in [1.82, 2.24) is 0 Å². The second kappa shape index (κ2) is 4.23. The van der Waals surface area contributed by atoms with Gasteiger partial charge in [-0.2, -0.15) is 0 Å². The third-order valence-electron chi connectivity index (χ3n) is 1.47. The Morgan fingerprint density at radius 2 is 2.00 bits per heavy atom. The van der Waals surface area contributed by atoms with E-state index in [-0.39, 0.29) is 11.7 Å². The molecular weight excluding hydrogens is 193 g/mol. The SMILES string of the molecule is C[C@@H](Cl)C(=O)Nc1ccc(F)cc1. The molecule has 1 amide bonds. The second-order valence-corrected chi connectivity index (χ2v) is 3.27. The van der Waals surface area contributed by atoms with Crippen molar-refractivity contribution in [3.8, 4) is 0 Å². The van der Waals surface area contributed by atoms with E-state index >= 15 is 0 Å². The van der Waals surface area contributed by atoms with Gasteiger partial charge >= 0.3 is 0 Å². The molecule has 1 aromatic rings. The molecule has 0 radical (unpaired) electrons. The molecule has 70 valence electrons. The Balaban J connectivity index is 2.65. The van der Waals surface area contributed by atoms with Crippen LogP contribution in [0.4, 0.5) is 10.1 Å². The molecule has 0 saturated carbocycles. The van der Waals surface area contributed by atoms with Crippen molar-refractivity contribution in [2.24, 2.45) is 0 Å². The van der Waals surface area contributed by atoms with E-state index in [0.717, 1.165) is 0 Å². The summed E-state index contributed by atoms with van der Waals surface area (Å²) >= 11 is 5.52. The van der Waals surface area contributed by atoms with E-state index in [4.69, 9.17) is 11.6 Å². The van der Waals surface area contributed by atoms with Gasteiger partial charge in [0.15, 0.2) is 0 Å². The fraction of sp³-hybridized carbons (Fsp3) is 0.222. The van der Waals surface area contributed by atoms with Gasteiger partial charge in [-0.3, -0.25) is 4.79 Å². The average Bonchev–Trinajstić information content (AvgIpc) is 2.08. The summed E-state index contributed by atoms with van der Waals surface area (Å²) in [5.41, 5.74) is 0.541. The molecule has 0 aliphatic heterocycles. The van der Waals surface area contributed by atoms with E-state index in [0.29, 0.717) is 5.69 Å². The standard InChI is InChI=1S/C9H9ClFNO/c1-6(10)9(13)12-8-4-2-7(11)3-5-8/h2-6H,1H3,(H,12,13)/t6-/m1/s1. The highest BCUT2D eigenvalue weighted by molar-refractivity contribution is 6.32. The van der Waals surface area contributed by atoms with Crippen molar-refractivity contribution in [3.05, 3.63) is 30.1 Å². The van der Waals surface area contributed by atoms with E-state index in [1.807, 2.05) is 0 Å². The third-order valence-corrected chi connectivity index (χ3v) is 1.67. The van der Waals surface area contributed by atoms with Crippen LogP contribution in [-0.2, 0) is 4.79 Å². The molecular formula is C9H9ClFNO. The largest absolute Gasteiger partial charge is 0.325 e. The first-order valence-corrected chi connectivity index (χ1v) is 4.24. The van der Waals surface area contributed by atoms with Gasteiger partial charge in [0.25, 0.3) is 0 Å². The molecule has 2 nitrogen and oxygen atoms in total. The Morgan fingerprint density at radius 3 is 2.46 bits per heavy atom. The fourth-order valence-corrected chi connectivity index (χ4v) is 0.829. The molecule has 0 aliphatic carbocycles. The van der Waals surface area contributed by atoms with E-state index in [2.05, 4.69) is 5.32 Å². The van der Waals surface area contributed by atoms with Gasteiger partial charge in [0, 0.05) is 5.69 Å². The van der Waals surface area contributed by atoms with Crippen LogP contribution < -0.4 is 5.32 Å². The Morgan fingerprint density at radius 1 is 1.46 bits per heavy atom. The van der Waals surface area contributed by atoms with Crippen LogP contribution in [0.15, 0.2) is 24.3 Å². The molecule has 0 aliphatic rings. The van der Waals surface area contributed by atoms with Gasteiger partial charge in [0.2, 0.25) is 5.91 Å². The molecule has 1 N–H and O–H groups in total. The first-order valence-electron chi connectivity index (χ1n) is 3.80. The van der Waals surface area contributed by atoms with Crippen LogP contribution in [0.2, 0.25) is 0 Å². The summed E-state index contributed by atoms with van der Waals surface area (Å²) in [6.45, 7) is 1.57. The predicted molar refractivity (Wildman–Crippen MR) is 50.3 cm³/mol. The minimum atomic E-state index is -0.593. The van der Waals surface area contributed by atoms with Crippen LogP contribution in [0.1, 0.15) is 6.92 Å². The zero-order valence-corrected chi connectivity index (χ0v) is 7.81. The summed E-state index contributed by atoms with van der Waals surface area (Å²) in [7, 11) is 0. The Labute approximate surface area is 80.7 Å². The van der Waals surface area contributed by atoms with E-state index in [9.17, 15) is 9.18 Å². The number of halogens is 2. The number of amides is 1. The molecule has 0 heterocycles. The summed E-state index contributed by atoms with van der Waals surface area (Å²) in [6, 6.07) is 5.50. The Kier molecular flexibility index (Phi) is 3.25. The van der Waals surface area contributed by atoms with Crippen molar-refractivity contribution in [2.45, 2.75) is 12.3 Å². The molecule has 4 heteroatoms. The smallest absolute Gasteiger partial charge is 0.242 e. The maximum absolute atomic E-state index is 12.4. The van der Waals surface area contributed by atoms with Gasteiger partial charge in [-0.1, -0.05) is 0 Å². The molecule has 1 atom stereocenters. The van der Waals surface area contributed by atoms with Gasteiger partial charge in [-0.05, 0) is 31.2 Å². The quantitative estimate of drug-likeness (QED) is 0.732. The lowest BCUT2D eigenvalue weighted by molar-refractivity contribution is -0.115. The molecule has 0 aromatic heterocycles. The van der Waals surface area contributed by atoms with Crippen molar-refractivity contribution in [3.63, 3.8) is 0 Å². The van der Waals surface area contributed by atoms with Crippen molar-refractivity contribution in [1.29, 1.82) is 0 Å². The van der Waals surface area contributed by atoms with Crippen LogP contribution in [0, 0.1) is 5.82 Å². The van der Waals surface area contributed by atoms with Gasteiger partial charge in [0.1, 0.15) is 11.2 Å². The molecule has 0 unspecified atom stereocenters. The lowest BCUT2D eigenvalue weighted by Crippen LogP contribution is -2.20. The summed E-state index contributed by atoms with van der Waals surface area (Å²) in [5.74, 6) is -0.634. The predicted octanol–water partition coefficient (Wildman–Crippen LogP) is 2.39. The van der Waals surface area contributed by atoms with Gasteiger partial charge in [-0.15, -0.1) is 11.6 Å². The molecule has 1 rings (SSSR count). The lowest BCUT2D eigenvalue weighted by atomic mass is 10.3. The first-order chi connectivity index (χ1) is 6.09. The highest BCUT2D eigenvalue weighted by Gasteiger charge is 2.08. The highest BCUT2D eigenvalue weighted by Crippen LogP contribution is 2.09. The number of anilines is 1. The van der Waals surface area contributed by atoms with Crippen LogP contribution in [0.3, 0.4) is 0 Å². The summed E-state index contributed by atoms with van der Waals surface area (Å²) in [4.78, 5) is 11.1. The third kappa shape index (κ3) is 3.03. The number of hydrogen-bond donors (Lipinski definition) is 1. The van der Waals surface area contributed by atoms with E-state index < -0.39 is 5.38 Å². The maximum atomic E-state index is 12.4. The van der Waals surface area contributed by atoms with Gasteiger partial charge in [0.05, 0.1) is 0 Å². The second-order valence-electron chi connectivity index (χ2n) is 2.61. The number of alkyl halides is 1. The Bertz CT molecular complexity index is 297. The van der Waals surface area contributed by atoms with E-state index in [1.54, 1.807) is 6.92 Å². The van der Waals surface area contributed by atoms with Crippen molar-refractivity contribution >= 4 is 23.2 Å². The first kappa shape index (κ1) is 9.99. The minimum Gasteiger partial charge on any atom is -0.325 e. The number of rotatable bonds is 2. The highest BCUT2D eigenvalue weighted by atomic mass is 35.5. The van der Waals surface area contributed by atoms with Crippen molar-refractivity contribution < 1.29 is 9.18 Å². The average molecular weight is 202 g/mol.